The topological polar surface area (TPSA) is 29.3 Å². The number of hydrogen-bond donors (Lipinski definition) is 1. The van der Waals surface area contributed by atoms with Crippen molar-refractivity contribution < 1.29 is 8.78 Å². The van der Waals surface area contributed by atoms with E-state index in [1.54, 1.807) is 17.4 Å². The highest BCUT2D eigenvalue weighted by Gasteiger charge is 2.34. The maximum atomic E-state index is 13.5. The van der Waals surface area contributed by atoms with Crippen LogP contribution in [0, 0.1) is 11.6 Å². The summed E-state index contributed by atoms with van der Waals surface area (Å²) >= 11 is 1.71. The van der Waals surface area contributed by atoms with Gasteiger partial charge in [-0.05, 0) is 42.0 Å². The summed E-state index contributed by atoms with van der Waals surface area (Å²) in [4.78, 5) is 3.58. The van der Waals surface area contributed by atoms with Crippen LogP contribution < -0.4 is 5.73 Å². The highest BCUT2D eigenvalue weighted by atomic mass is 32.1. The summed E-state index contributed by atoms with van der Waals surface area (Å²) in [5, 5.41) is 2.05. The first kappa shape index (κ1) is 14.6. The molecule has 0 spiro atoms. The zero-order valence-electron chi connectivity index (χ0n) is 11.6. The van der Waals surface area contributed by atoms with Gasteiger partial charge in [0.1, 0.15) is 0 Å². The van der Waals surface area contributed by atoms with E-state index in [9.17, 15) is 8.78 Å². The molecule has 1 aliphatic carbocycles. The van der Waals surface area contributed by atoms with Crippen molar-refractivity contribution in [2.75, 3.05) is 6.54 Å². The monoisotopic (exact) mass is 308 g/mol. The van der Waals surface area contributed by atoms with Crippen molar-refractivity contribution in [3.8, 4) is 0 Å². The summed E-state index contributed by atoms with van der Waals surface area (Å²) in [5.41, 5.74) is 6.68. The van der Waals surface area contributed by atoms with Gasteiger partial charge in [-0.15, -0.1) is 11.3 Å². The van der Waals surface area contributed by atoms with Gasteiger partial charge in [0.25, 0.3) is 0 Å². The predicted molar refractivity (Wildman–Crippen MR) is 81.0 cm³/mol. The Labute approximate surface area is 127 Å². The van der Waals surface area contributed by atoms with Crippen molar-refractivity contribution in [3.63, 3.8) is 0 Å². The first-order valence-electron chi connectivity index (χ1n) is 7.12. The van der Waals surface area contributed by atoms with Crippen molar-refractivity contribution in [2.24, 2.45) is 5.73 Å². The average Bonchev–Trinajstić information content (AvgIpc) is 3.20. The fourth-order valence-corrected chi connectivity index (χ4v) is 3.38. The van der Waals surface area contributed by atoms with Crippen LogP contribution in [0.15, 0.2) is 35.7 Å². The second-order valence-electron chi connectivity index (χ2n) is 5.41. The second-order valence-corrected chi connectivity index (χ2v) is 6.44. The number of benzene rings is 1. The lowest BCUT2D eigenvalue weighted by Gasteiger charge is -2.31. The van der Waals surface area contributed by atoms with Gasteiger partial charge in [-0.3, -0.25) is 4.90 Å². The van der Waals surface area contributed by atoms with Crippen molar-refractivity contribution in [1.82, 2.24) is 4.90 Å². The van der Waals surface area contributed by atoms with E-state index in [1.807, 2.05) is 6.07 Å². The molecule has 0 aliphatic heterocycles. The smallest absolute Gasteiger partial charge is 0.159 e. The number of nitrogens with zero attached hydrogens (tertiary/aromatic N) is 1. The Balaban J connectivity index is 1.86. The number of nitrogens with two attached hydrogens (primary N) is 1. The molecule has 1 saturated carbocycles. The molecular formula is C16H18F2N2S. The first-order valence-corrected chi connectivity index (χ1v) is 8.00. The van der Waals surface area contributed by atoms with E-state index < -0.39 is 11.6 Å². The molecule has 2 aromatic rings. The van der Waals surface area contributed by atoms with Crippen LogP contribution in [-0.4, -0.2) is 17.5 Å². The molecule has 0 bridgehead atoms. The van der Waals surface area contributed by atoms with Crippen LogP contribution in [0.1, 0.15) is 29.3 Å². The van der Waals surface area contributed by atoms with E-state index in [-0.39, 0.29) is 6.04 Å². The van der Waals surface area contributed by atoms with Crippen LogP contribution in [0.5, 0.6) is 0 Å². The van der Waals surface area contributed by atoms with E-state index in [0.29, 0.717) is 12.6 Å². The Morgan fingerprint density at radius 3 is 2.62 bits per heavy atom. The first-order chi connectivity index (χ1) is 10.2. The average molecular weight is 308 g/mol. The molecule has 21 heavy (non-hydrogen) atoms. The van der Waals surface area contributed by atoms with Crippen molar-refractivity contribution >= 4 is 11.3 Å². The van der Waals surface area contributed by atoms with E-state index in [0.717, 1.165) is 24.9 Å². The third-order valence-electron chi connectivity index (χ3n) is 3.89. The third-order valence-corrected chi connectivity index (χ3v) is 4.75. The second kappa shape index (κ2) is 6.22. The molecule has 3 rings (SSSR count). The fourth-order valence-electron chi connectivity index (χ4n) is 2.67. The Kier molecular flexibility index (Phi) is 4.33. The van der Waals surface area contributed by atoms with Gasteiger partial charge >= 0.3 is 0 Å². The van der Waals surface area contributed by atoms with Crippen molar-refractivity contribution in [1.29, 1.82) is 0 Å². The Bertz CT molecular complexity index is 596. The van der Waals surface area contributed by atoms with E-state index in [1.165, 1.54) is 17.0 Å². The summed E-state index contributed by atoms with van der Waals surface area (Å²) in [6.07, 6.45) is 2.29. The standard InChI is InChI=1S/C16H18F2N2S/c17-14-6-3-11(8-15(14)18)16(9-19)20(12-4-5-12)10-13-2-1-7-21-13/h1-3,6-8,12,16H,4-5,9-10,19H2. The molecule has 1 aromatic heterocycles. The molecule has 1 aliphatic rings. The van der Waals surface area contributed by atoms with Crippen LogP contribution >= 0.6 is 11.3 Å². The molecule has 1 heterocycles. The maximum absolute atomic E-state index is 13.5. The van der Waals surface area contributed by atoms with Gasteiger partial charge in [0.2, 0.25) is 0 Å². The number of halogens is 2. The van der Waals surface area contributed by atoms with E-state index in [4.69, 9.17) is 5.73 Å². The van der Waals surface area contributed by atoms with Crippen molar-refractivity contribution in [3.05, 3.63) is 57.8 Å². The zero-order valence-corrected chi connectivity index (χ0v) is 12.5. The van der Waals surface area contributed by atoms with Gasteiger partial charge in [-0.2, -0.15) is 0 Å². The predicted octanol–water partition coefficient (Wildman–Crippen LogP) is 3.69. The normalized spacial score (nSPS) is 16.4. The molecule has 2 nitrogen and oxygen atoms in total. The van der Waals surface area contributed by atoms with Gasteiger partial charge in [0, 0.05) is 30.1 Å². The number of thiophene rings is 1. The molecule has 1 fully saturated rings. The summed E-state index contributed by atoms with van der Waals surface area (Å²) in [5.74, 6) is -1.62. The van der Waals surface area contributed by atoms with E-state index >= 15 is 0 Å². The van der Waals surface area contributed by atoms with Gasteiger partial charge in [0.05, 0.1) is 0 Å². The molecule has 112 valence electrons. The van der Waals surface area contributed by atoms with E-state index in [2.05, 4.69) is 16.3 Å². The van der Waals surface area contributed by atoms with Crippen LogP contribution in [-0.2, 0) is 6.54 Å². The minimum Gasteiger partial charge on any atom is -0.329 e. The molecule has 5 heteroatoms. The molecule has 0 saturated heterocycles. The molecule has 1 atom stereocenters. The van der Waals surface area contributed by atoms with Crippen molar-refractivity contribution in [2.45, 2.75) is 31.5 Å². The van der Waals surface area contributed by atoms with Crippen LogP contribution in [0.25, 0.3) is 0 Å². The quantitative estimate of drug-likeness (QED) is 0.882. The maximum Gasteiger partial charge on any atom is 0.159 e. The molecule has 1 unspecified atom stereocenters. The SMILES string of the molecule is NCC(c1ccc(F)c(F)c1)N(Cc1cccs1)C1CC1. The van der Waals surface area contributed by atoms with Crippen LogP contribution in [0.2, 0.25) is 0 Å². The molecular weight excluding hydrogens is 290 g/mol. The van der Waals surface area contributed by atoms with Crippen LogP contribution in [0.4, 0.5) is 8.78 Å². The third kappa shape index (κ3) is 3.31. The highest BCUT2D eigenvalue weighted by molar-refractivity contribution is 7.09. The Hall–Kier alpha value is -1.30. The summed E-state index contributed by atoms with van der Waals surface area (Å²) in [6, 6.07) is 8.64. The lowest BCUT2D eigenvalue weighted by Crippen LogP contribution is -2.35. The minimum absolute atomic E-state index is 0.0744. The highest BCUT2D eigenvalue weighted by Crippen LogP contribution is 2.36. The molecule has 1 aromatic carbocycles. The Morgan fingerprint density at radius 1 is 1.24 bits per heavy atom. The lowest BCUT2D eigenvalue weighted by atomic mass is 10.0. The molecule has 0 amide bonds. The minimum atomic E-state index is -0.814. The van der Waals surface area contributed by atoms with Gasteiger partial charge in [0.15, 0.2) is 11.6 Å². The van der Waals surface area contributed by atoms with Crippen LogP contribution in [0.3, 0.4) is 0 Å². The van der Waals surface area contributed by atoms with Gasteiger partial charge in [-0.1, -0.05) is 12.1 Å². The molecule has 2 N–H and O–H groups in total. The summed E-state index contributed by atoms with van der Waals surface area (Å²) in [7, 11) is 0. The number of hydrogen-bond acceptors (Lipinski definition) is 3. The Morgan fingerprint density at radius 2 is 2.05 bits per heavy atom. The van der Waals surface area contributed by atoms with Gasteiger partial charge < -0.3 is 5.73 Å². The van der Waals surface area contributed by atoms with Gasteiger partial charge in [-0.25, -0.2) is 8.78 Å². The zero-order chi connectivity index (χ0) is 14.8. The molecule has 0 radical (unpaired) electrons. The largest absolute Gasteiger partial charge is 0.329 e. The lowest BCUT2D eigenvalue weighted by molar-refractivity contribution is 0.183. The fraction of sp³-hybridized carbons (Fsp3) is 0.375. The number of rotatable bonds is 6. The summed E-state index contributed by atoms with van der Waals surface area (Å²) in [6.45, 7) is 1.20. The summed E-state index contributed by atoms with van der Waals surface area (Å²) < 4.78 is 26.6.